The van der Waals surface area contributed by atoms with Crippen LogP contribution in [0.25, 0.3) is 0 Å². The molecule has 0 aliphatic heterocycles. The minimum Gasteiger partial charge on any atom is -0.399 e. The minimum atomic E-state index is -0.476. The fourth-order valence-corrected chi connectivity index (χ4v) is 2.66. The number of nitrogen functional groups attached to an aromatic ring is 1. The van der Waals surface area contributed by atoms with Crippen LogP contribution in [-0.2, 0) is 4.79 Å². The molecule has 0 unspecified atom stereocenters. The van der Waals surface area contributed by atoms with E-state index in [1.165, 1.54) is 23.1 Å². The monoisotopic (exact) mass is 304 g/mol. The molecule has 0 spiro atoms. The highest BCUT2D eigenvalue weighted by molar-refractivity contribution is 7.99. The Kier molecular flexibility index (Phi) is 5.63. The Balaban J connectivity index is 1.74. The molecule has 0 bridgehead atoms. The zero-order valence-corrected chi connectivity index (χ0v) is 12.3. The molecule has 21 heavy (non-hydrogen) atoms. The molecule has 0 saturated heterocycles. The van der Waals surface area contributed by atoms with E-state index in [0.717, 1.165) is 12.2 Å². The van der Waals surface area contributed by atoms with Gasteiger partial charge in [0.25, 0.3) is 0 Å². The number of carbonyl (C=O) groups excluding carboxylic acids is 1. The predicted molar refractivity (Wildman–Crippen MR) is 85.8 cm³/mol. The topological polar surface area (TPSA) is 55.1 Å². The molecule has 3 nitrogen and oxygen atoms in total. The van der Waals surface area contributed by atoms with E-state index in [1.807, 2.05) is 30.3 Å². The van der Waals surface area contributed by atoms with Crippen molar-refractivity contribution in [3.8, 4) is 0 Å². The molecule has 0 atom stereocenters. The standard InChI is InChI=1S/C16H17FN2OS/c17-14-9-8-12(18)11-15(14)19-16(20)7-4-10-21-13-5-2-1-3-6-13/h1-3,5-6,8-9,11H,4,7,10,18H2,(H,19,20). The Morgan fingerprint density at radius 2 is 1.95 bits per heavy atom. The van der Waals surface area contributed by atoms with Crippen LogP contribution in [0.1, 0.15) is 12.8 Å². The number of halogens is 1. The molecule has 0 saturated carbocycles. The summed E-state index contributed by atoms with van der Waals surface area (Å²) in [6.45, 7) is 0. The van der Waals surface area contributed by atoms with Crippen molar-refractivity contribution in [1.29, 1.82) is 0 Å². The average molecular weight is 304 g/mol. The Hall–Kier alpha value is -2.01. The maximum Gasteiger partial charge on any atom is 0.224 e. The van der Waals surface area contributed by atoms with Gasteiger partial charge in [0.05, 0.1) is 5.69 Å². The smallest absolute Gasteiger partial charge is 0.224 e. The molecule has 0 fully saturated rings. The SMILES string of the molecule is Nc1ccc(F)c(NC(=O)CCCSc2ccccc2)c1. The van der Waals surface area contributed by atoms with Crippen LogP contribution in [0.5, 0.6) is 0 Å². The Bertz CT molecular complexity index is 604. The lowest BCUT2D eigenvalue weighted by atomic mass is 10.2. The number of amides is 1. The third-order valence-corrected chi connectivity index (χ3v) is 3.92. The molecule has 0 aromatic heterocycles. The molecule has 2 rings (SSSR count). The third kappa shape index (κ3) is 5.11. The number of anilines is 2. The number of rotatable bonds is 6. The largest absolute Gasteiger partial charge is 0.399 e. The van der Waals surface area contributed by atoms with E-state index < -0.39 is 5.82 Å². The summed E-state index contributed by atoms with van der Waals surface area (Å²) in [6, 6.07) is 14.1. The summed E-state index contributed by atoms with van der Waals surface area (Å²) in [5, 5.41) is 2.55. The van der Waals surface area contributed by atoms with Crippen LogP contribution in [0, 0.1) is 5.82 Å². The molecule has 0 aliphatic carbocycles. The van der Waals surface area contributed by atoms with Gasteiger partial charge in [-0.2, -0.15) is 0 Å². The molecule has 0 heterocycles. The van der Waals surface area contributed by atoms with E-state index in [9.17, 15) is 9.18 Å². The van der Waals surface area contributed by atoms with Gasteiger partial charge in [0.1, 0.15) is 5.82 Å². The van der Waals surface area contributed by atoms with E-state index in [4.69, 9.17) is 5.73 Å². The number of nitrogens with two attached hydrogens (primary N) is 1. The molecule has 0 radical (unpaired) electrons. The number of carbonyl (C=O) groups is 1. The average Bonchev–Trinajstić information content (AvgIpc) is 2.48. The summed E-state index contributed by atoms with van der Waals surface area (Å²) in [7, 11) is 0. The van der Waals surface area contributed by atoms with E-state index in [2.05, 4.69) is 5.32 Å². The zero-order valence-electron chi connectivity index (χ0n) is 11.5. The number of nitrogens with one attached hydrogen (secondary N) is 1. The number of hydrogen-bond acceptors (Lipinski definition) is 3. The van der Waals surface area contributed by atoms with Gasteiger partial charge in [-0.25, -0.2) is 4.39 Å². The number of benzene rings is 2. The van der Waals surface area contributed by atoms with E-state index in [-0.39, 0.29) is 11.6 Å². The van der Waals surface area contributed by atoms with Gasteiger partial charge in [0.2, 0.25) is 5.91 Å². The van der Waals surface area contributed by atoms with Gasteiger partial charge >= 0.3 is 0 Å². The lowest BCUT2D eigenvalue weighted by molar-refractivity contribution is -0.116. The molecule has 2 aromatic rings. The first-order chi connectivity index (χ1) is 10.1. The van der Waals surface area contributed by atoms with E-state index >= 15 is 0 Å². The van der Waals surface area contributed by atoms with Gasteiger partial charge in [-0.05, 0) is 42.5 Å². The highest BCUT2D eigenvalue weighted by Gasteiger charge is 2.07. The Morgan fingerprint density at radius 3 is 2.71 bits per heavy atom. The molecule has 3 N–H and O–H groups in total. The normalized spacial score (nSPS) is 10.3. The van der Waals surface area contributed by atoms with E-state index in [0.29, 0.717) is 12.1 Å². The summed E-state index contributed by atoms with van der Waals surface area (Å²) in [5.41, 5.74) is 6.13. The summed E-state index contributed by atoms with van der Waals surface area (Å²) in [5.74, 6) is 0.168. The molecule has 0 aliphatic rings. The van der Waals surface area contributed by atoms with Crippen molar-refractivity contribution in [1.82, 2.24) is 0 Å². The maximum absolute atomic E-state index is 13.5. The number of thioether (sulfide) groups is 1. The molecular formula is C16H17FN2OS. The quantitative estimate of drug-likeness (QED) is 0.483. The summed E-state index contributed by atoms with van der Waals surface area (Å²) >= 11 is 1.70. The summed E-state index contributed by atoms with van der Waals surface area (Å²) in [6.07, 6.45) is 1.09. The van der Waals surface area contributed by atoms with Gasteiger partial charge in [-0.3, -0.25) is 4.79 Å². The van der Waals surface area contributed by atoms with Crippen molar-refractivity contribution in [2.75, 3.05) is 16.8 Å². The first-order valence-corrected chi connectivity index (χ1v) is 7.66. The van der Waals surface area contributed by atoms with Gasteiger partial charge in [0.15, 0.2) is 0 Å². The molecule has 2 aromatic carbocycles. The highest BCUT2D eigenvalue weighted by Crippen LogP contribution is 2.20. The Morgan fingerprint density at radius 1 is 1.19 bits per heavy atom. The van der Waals surface area contributed by atoms with Crippen LogP contribution < -0.4 is 11.1 Å². The zero-order chi connectivity index (χ0) is 15.1. The van der Waals surface area contributed by atoms with E-state index in [1.54, 1.807) is 11.8 Å². The van der Waals surface area contributed by atoms with Crippen molar-refractivity contribution in [2.45, 2.75) is 17.7 Å². The summed E-state index contributed by atoms with van der Waals surface area (Å²) in [4.78, 5) is 12.9. The van der Waals surface area contributed by atoms with Crippen LogP contribution in [0.3, 0.4) is 0 Å². The fourth-order valence-electron chi connectivity index (χ4n) is 1.79. The maximum atomic E-state index is 13.5. The van der Waals surface area contributed by atoms with Crippen LogP contribution in [0.2, 0.25) is 0 Å². The minimum absolute atomic E-state index is 0.135. The van der Waals surface area contributed by atoms with Gasteiger partial charge in [0, 0.05) is 17.0 Å². The predicted octanol–water partition coefficient (Wildman–Crippen LogP) is 3.92. The van der Waals surface area contributed by atoms with Crippen LogP contribution in [0.15, 0.2) is 53.4 Å². The van der Waals surface area contributed by atoms with Crippen LogP contribution in [0.4, 0.5) is 15.8 Å². The van der Waals surface area contributed by atoms with Crippen molar-refractivity contribution in [3.05, 3.63) is 54.3 Å². The summed E-state index contributed by atoms with van der Waals surface area (Å²) < 4.78 is 13.5. The lowest BCUT2D eigenvalue weighted by Gasteiger charge is -2.07. The van der Waals surface area contributed by atoms with Crippen molar-refractivity contribution < 1.29 is 9.18 Å². The van der Waals surface area contributed by atoms with Crippen molar-refractivity contribution in [2.24, 2.45) is 0 Å². The van der Waals surface area contributed by atoms with Crippen molar-refractivity contribution in [3.63, 3.8) is 0 Å². The Labute approximate surface area is 127 Å². The second kappa shape index (κ2) is 7.69. The second-order valence-corrected chi connectivity index (χ2v) is 5.72. The lowest BCUT2D eigenvalue weighted by Crippen LogP contribution is -2.12. The molecular weight excluding hydrogens is 287 g/mol. The first-order valence-electron chi connectivity index (χ1n) is 6.68. The van der Waals surface area contributed by atoms with Crippen molar-refractivity contribution >= 4 is 29.0 Å². The van der Waals surface area contributed by atoms with Crippen LogP contribution >= 0.6 is 11.8 Å². The number of hydrogen-bond donors (Lipinski definition) is 2. The molecule has 1 amide bonds. The van der Waals surface area contributed by atoms with Crippen LogP contribution in [-0.4, -0.2) is 11.7 Å². The third-order valence-electron chi connectivity index (χ3n) is 2.82. The fraction of sp³-hybridized carbons (Fsp3) is 0.188. The van der Waals surface area contributed by atoms with Gasteiger partial charge in [-0.15, -0.1) is 11.8 Å². The molecule has 5 heteroatoms. The molecule has 110 valence electrons. The second-order valence-electron chi connectivity index (χ2n) is 4.55. The van der Waals surface area contributed by atoms with Gasteiger partial charge in [-0.1, -0.05) is 18.2 Å². The highest BCUT2D eigenvalue weighted by atomic mass is 32.2. The first kappa shape index (κ1) is 15.4. The van der Waals surface area contributed by atoms with Gasteiger partial charge < -0.3 is 11.1 Å².